The zero-order valence-electron chi connectivity index (χ0n) is 29.3. The van der Waals surface area contributed by atoms with E-state index in [0.29, 0.717) is 5.92 Å². The van der Waals surface area contributed by atoms with Crippen molar-refractivity contribution in [3.05, 3.63) is 106 Å². The summed E-state index contributed by atoms with van der Waals surface area (Å²) in [5.74, 6) is 1.96. The predicted molar refractivity (Wildman–Crippen MR) is 195 cm³/mol. The molecule has 1 radical (unpaired) electrons. The Bertz CT molecular complexity index is 1780. The molecule has 4 nitrogen and oxygen atoms in total. The van der Waals surface area contributed by atoms with Gasteiger partial charge in [-0.05, 0) is 80.4 Å². The van der Waals surface area contributed by atoms with E-state index in [0.717, 1.165) is 53.9 Å². The van der Waals surface area contributed by atoms with Crippen molar-refractivity contribution in [2.75, 3.05) is 0 Å². The average Bonchev–Trinajstić information content (AvgIpc) is 3.64. The number of rotatable bonds is 10. The van der Waals surface area contributed by atoms with Crippen LogP contribution in [0.1, 0.15) is 132 Å². The van der Waals surface area contributed by atoms with Gasteiger partial charge in [0.1, 0.15) is 5.58 Å². The summed E-state index contributed by atoms with van der Waals surface area (Å²) in [7, 11) is 0. The zero-order chi connectivity index (χ0) is 33.1. The molecule has 2 aliphatic carbocycles. The summed E-state index contributed by atoms with van der Waals surface area (Å²) in [5.41, 5.74) is 9.78. The van der Waals surface area contributed by atoms with Crippen molar-refractivity contribution in [3.8, 4) is 0 Å². The molecule has 0 spiro atoms. The van der Waals surface area contributed by atoms with E-state index in [9.17, 15) is 9.90 Å². The Labute approximate surface area is 300 Å². The first kappa shape index (κ1) is 36.1. The SMILES string of the molecule is CCC(CC)C(=O)/C=C(\O)C(CC)CC.Cc1[c-]c(C2[N-]C=C(C3CC3)c3cc(C4CCCC4)ccc32)c2oc3ccccc3c2c1.[Ir]. The fourth-order valence-corrected chi connectivity index (χ4v) is 7.73. The van der Waals surface area contributed by atoms with E-state index < -0.39 is 0 Å². The molecular weight excluding hydrogens is 771 g/mol. The van der Waals surface area contributed by atoms with E-state index in [2.05, 4.69) is 61.7 Å². The second-order valence-electron chi connectivity index (χ2n) is 13.9. The van der Waals surface area contributed by atoms with Crippen molar-refractivity contribution in [2.24, 2.45) is 17.8 Å². The van der Waals surface area contributed by atoms with Crippen LogP contribution < -0.4 is 0 Å². The molecule has 5 heteroatoms. The van der Waals surface area contributed by atoms with Crippen molar-refractivity contribution >= 4 is 33.3 Å². The van der Waals surface area contributed by atoms with Gasteiger partial charge in [0, 0.05) is 49.0 Å². The van der Waals surface area contributed by atoms with E-state index in [1.807, 2.05) is 33.8 Å². The number of benzene rings is 3. The average molecular weight is 822 g/mol. The number of aryl methyl sites for hydroxylation is 1. The predicted octanol–water partition coefficient (Wildman–Crippen LogP) is 12.4. The summed E-state index contributed by atoms with van der Waals surface area (Å²) in [6, 6.07) is 21.3. The quantitative estimate of drug-likeness (QED) is 0.0984. The Morgan fingerprint density at radius 3 is 2.27 bits per heavy atom. The summed E-state index contributed by atoms with van der Waals surface area (Å²) in [6.45, 7) is 10.2. The van der Waals surface area contributed by atoms with Crippen molar-refractivity contribution in [1.82, 2.24) is 0 Å². The number of hydrogen-bond donors (Lipinski definition) is 1. The summed E-state index contributed by atoms with van der Waals surface area (Å²) in [5, 5.41) is 17.2. The van der Waals surface area contributed by atoms with E-state index >= 15 is 0 Å². The Balaban J connectivity index is 0.000000243. The normalized spacial score (nSPS) is 17.9. The van der Waals surface area contributed by atoms with E-state index in [4.69, 9.17) is 9.73 Å². The fraction of sp³-hybridized carbons (Fsp3) is 0.465. The van der Waals surface area contributed by atoms with Crippen LogP contribution in [0.4, 0.5) is 0 Å². The van der Waals surface area contributed by atoms with Crippen LogP contribution in [0.15, 0.2) is 71.0 Å². The third-order valence-electron chi connectivity index (χ3n) is 10.8. The van der Waals surface area contributed by atoms with Crippen LogP contribution in [0.2, 0.25) is 0 Å². The maximum absolute atomic E-state index is 11.7. The number of fused-ring (bicyclic) bond motifs is 4. The first-order valence-corrected chi connectivity index (χ1v) is 18.2. The molecule has 1 N–H and O–H groups in total. The Morgan fingerprint density at radius 1 is 0.917 bits per heavy atom. The summed E-state index contributed by atoms with van der Waals surface area (Å²) < 4.78 is 6.39. The Kier molecular flexibility index (Phi) is 12.1. The van der Waals surface area contributed by atoms with Crippen molar-refractivity contribution in [3.63, 3.8) is 0 Å². The van der Waals surface area contributed by atoms with Gasteiger partial charge in [-0.15, -0.1) is 5.56 Å². The number of allylic oxidation sites excluding steroid dienone is 3. The molecule has 0 amide bonds. The number of para-hydroxylation sites is 1. The number of carbonyl (C=O) groups excluding carboxylic acids is 1. The van der Waals surface area contributed by atoms with Gasteiger partial charge in [-0.25, -0.2) is 0 Å². The first-order chi connectivity index (χ1) is 22.9. The van der Waals surface area contributed by atoms with Gasteiger partial charge in [0.15, 0.2) is 5.78 Å². The molecule has 1 atom stereocenters. The topological polar surface area (TPSA) is 64.5 Å². The molecule has 3 aromatic carbocycles. The van der Waals surface area contributed by atoms with Gasteiger partial charge >= 0.3 is 0 Å². The maximum Gasteiger partial charge on any atom is 0.162 e. The van der Waals surface area contributed by atoms with Crippen molar-refractivity contribution in [2.45, 2.75) is 111 Å². The van der Waals surface area contributed by atoms with Crippen LogP contribution in [0.5, 0.6) is 0 Å². The first-order valence-electron chi connectivity index (χ1n) is 18.2. The van der Waals surface area contributed by atoms with Gasteiger partial charge in [-0.1, -0.05) is 106 Å². The molecule has 2 fully saturated rings. The molecule has 4 aromatic rings. The number of carbonyl (C=O) groups is 1. The minimum Gasteiger partial charge on any atom is -0.682 e. The number of aliphatic hydroxyl groups is 1. The summed E-state index contributed by atoms with van der Waals surface area (Å²) >= 11 is 0. The standard InChI is InChI=1S/C30H27NO.C13H24O2.Ir/c1-18-14-25-22-8-4-5-9-28(22)32-30(25)26(15-18)29-23-13-12-21(19-6-2-3-7-19)16-24(23)27(17-31-29)20-10-11-20;1-5-10(6-2)12(14)9-13(15)11(7-3)8-4;/h4-5,8-9,12-14,16-17,19-20,29H,2-3,6-7,10-11H2,1H3;9-11,14H,5-8H2,1-4H3;/q-2;;/b;12-9-;. The molecule has 257 valence electrons. The second-order valence-corrected chi connectivity index (χ2v) is 13.9. The smallest absolute Gasteiger partial charge is 0.162 e. The largest absolute Gasteiger partial charge is 0.682 e. The number of nitrogens with zero attached hydrogens (tertiary/aromatic N) is 1. The van der Waals surface area contributed by atoms with Crippen LogP contribution in [-0.2, 0) is 24.9 Å². The van der Waals surface area contributed by atoms with Gasteiger partial charge < -0.3 is 14.8 Å². The number of aliphatic hydroxyl groups excluding tert-OH is 1. The molecule has 2 heterocycles. The zero-order valence-corrected chi connectivity index (χ0v) is 31.7. The van der Waals surface area contributed by atoms with Gasteiger partial charge in [-0.3, -0.25) is 4.79 Å². The molecule has 3 aliphatic rings. The van der Waals surface area contributed by atoms with Crippen molar-refractivity contribution < 1.29 is 34.4 Å². The summed E-state index contributed by atoms with van der Waals surface area (Å²) in [4.78, 5) is 11.7. The van der Waals surface area contributed by atoms with Crippen LogP contribution in [0.3, 0.4) is 0 Å². The van der Waals surface area contributed by atoms with E-state index in [-0.39, 0.29) is 49.5 Å². The Hall–Kier alpha value is -3.14. The van der Waals surface area contributed by atoms with Crippen LogP contribution in [0, 0.1) is 30.7 Å². The number of ketones is 1. The van der Waals surface area contributed by atoms with Crippen molar-refractivity contribution in [1.29, 1.82) is 0 Å². The molecule has 1 aromatic heterocycles. The van der Waals surface area contributed by atoms with Gasteiger partial charge in [-0.2, -0.15) is 23.9 Å². The molecule has 2 saturated carbocycles. The van der Waals surface area contributed by atoms with Crippen LogP contribution in [-0.4, -0.2) is 10.9 Å². The molecule has 48 heavy (non-hydrogen) atoms. The fourth-order valence-electron chi connectivity index (χ4n) is 7.73. The van der Waals surface area contributed by atoms with Crippen LogP contribution >= 0.6 is 0 Å². The molecule has 0 saturated heterocycles. The summed E-state index contributed by atoms with van der Waals surface area (Å²) in [6.07, 6.45) is 15.1. The van der Waals surface area contributed by atoms with E-state index in [1.165, 1.54) is 77.6 Å². The molecule has 1 unspecified atom stereocenters. The molecular formula is C43H51IrNO3-2. The Morgan fingerprint density at radius 2 is 1.60 bits per heavy atom. The molecule has 1 aliphatic heterocycles. The minimum atomic E-state index is -0.0620. The number of hydrogen-bond acceptors (Lipinski definition) is 3. The van der Waals surface area contributed by atoms with Crippen LogP contribution in [0.25, 0.3) is 32.8 Å². The third kappa shape index (κ3) is 7.53. The monoisotopic (exact) mass is 822 g/mol. The van der Waals surface area contributed by atoms with E-state index in [1.54, 1.807) is 0 Å². The molecule has 7 rings (SSSR count). The van der Waals surface area contributed by atoms with Gasteiger partial charge in [0.25, 0.3) is 0 Å². The third-order valence-corrected chi connectivity index (χ3v) is 10.8. The second kappa shape index (κ2) is 16.0. The van der Waals surface area contributed by atoms with Gasteiger partial charge in [0.05, 0.1) is 5.76 Å². The maximum atomic E-state index is 11.7. The number of furan rings is 1. The van der Waals surface area contributed by atoms with Gasteiger partial charge in [0.2, 0.25) is 0 Å². The molecule has 0 bridgehead atoms. The minimum absolute atomic E-state index is 0.